The van der Waals surface area contributed by atoms with Gasteiger partial charge in [0, 0.05) is 6.20 Å². The van der Waals surface area contributed by atoms with Crippen molar-refractivity contribution in [3.8, 4) is 0 Å². The molecule has 0 unspecified atom stereocenters. The molecule has 0 bridgehead atoms. The standard InChI is InChI=1S/C8H9N3O/c1-5-8-6(2-3-9-5)10-7(4-12)11-8/h2-3,12H,4H2,1H3,(H,10,11). The number of aliphatic hydroxyl groups excluding tert-OH is 1. The second-order valence-electron chi connectivity index (χ2n) is 2.63. The minimum atomic E-state index is -0.0614. The SMILES string of the molecule is Cc1nccc2[nH]c(CO)nc12. The van der Waals surface area contributed by atoms with E-state index in [0.717, 1.165) is 16.7 Å². The molecule has 2 N–H and O–H groups in total. The van der Waals surface area contributed by atoms with Gasteiger partial charge in [0.05, 0.1) is 11.2 Å². The number of aryl methyl sites for hydroxylation is 1. The normalized spacial score (nSPS) is 10.8. The van der Waals surface area contributed by atoms with Crippen molar-refractivity contribution in [3.05, 3.63) is 23.8 Å². The number of pyridine rings is 1. The molecular weight excluding hydrogens is 154 g/mol. The van der Waals surface area contributed by atoms with Crippen molar-refractivity contribution < 1.29 is 5.11 Å². The number of imidazole rings is 1. The van der Waals surface area contributed by atoms with E-state index in [1.807, 2.05) is 13.0 Å². The highest BCUT2D eigenvalue weighted by Gasteiger charge is 2.03. The molecule has 0 radical (unpaired) electrons. The van der Waals surface area contributed by atoms with Crippen LogP contribution in [0.5, 0.6) is 0 Å². The lowest BCUT2D eigenvalue weighted by Crippen LogP contribution is -1.84. The van der Waals surface area contributed by atoms with Crippen molar-refractivity contribution >= 4 is 11.0 Å². The monoisotopic (exact) mass is 163 g/mol. The number of H-pyrrole nitrogens is 1. The number of aromatic amines is 1. The minimum absolute atomic E-state index is 0.0614. The predicted molar refractivity (Wildman–Crippen MR) is 44.5 cm³/mol. The maximum Gasteiger partial charge on any atom is 0.133 e. The third kappa shape index (κ3) is 0.967. The molecule has 2 aromatic heterocycles. The Balaban J connectivity index is 2.74. The third-order valence-electron chi connectivity index (χ3n) is 1.78. The molecule has 0 saturated heterocycles. The molecule has 0 fully saturated rings. The lowest BCUT2D eigenvalue weighted by atomic mass is 10.3. The summed E-state index contributed by atoms with van der Waals surface area (Å²) >= 11 is 0. The molecule has 0 aromatic carbocycles. The number of rotatable bonds is 1. The van der Waals surface area contributed by atoms with E-state index in [-0.39, 0.29) is 6.61 Å². The first-order valence-electron chi connectivity index (χ1n) is 3.72. The van der Waals surface area contributed by atoms with Crippen molar-refractivity contribution in [2.45, 2.75) is 13.5 Å². The molecule has 2 heterocycles. The summed E-state index contributed by atoms with van der Waals surface area (Å²) in [4.78, 5) is 11.2. The van der Waals surface area contributed by atoms with Crippen LogP contribution in [0, 0.1) is 6.92 Å². The maximum absolute atomic E-state index is 8.82. The van der Waals surface area contributed by atoms with E-state index >= 15 is 0 Å². The van der Waals surface area contributed by atoms with Crippen LogP contribution in [0.15, 0.2) is 12.3 Å². The Hall–Kier alpha value is -1.42. The summed E-state index contributed by atoms with van der Waals surface area (Å²) in [5.41, 5.74) is 2.64. The zero-order valence-electron chi connectivity index (χ0n) is 6.70. The number of fused-ring (bicyclic) bond motifs is 1. The number of nitrogens with one attached hydrogen (secondary N) is 1. The van der Waals surface area contributed by atoms with E-state index in [1.165, 1.54) is 0 Å². The van der Waals surface area contributed by atoms with Gasteiger partial charge in [-0.25, -0.2) is 4.98 Å². The van der Waals surface area contributed by atoms with Gasteiger partial charge in [0.2, 0.25) is 0 Å². The topological polar surface area (TPSA) is 61.8 Å². The Kier molecular flexibility index (Phi) is 1.55. The Morgan fingerprint density at radius 3 is 3.08 bits per heavy atom. The van der Waals surface area contributed by atoms with Gasteiger partial charge < -0.3 is 10.1 Å². The maximum atomic E-state index is 8.82. The van der Waals surface area contributed by atoms with E-state index in [2.05, 4.69) is 15.0 Å². The summed E-state index contributed by atoms with van der Waals surface area (Å²) in [6, 6.07) is 1.84. The summed E-state index contributed by atoms with van der Waals surface area (Å²) in [7, 11) is 0. The molecule has 4 nitrogen and oxygen atoms in total. The Morgan fingerprint density at radius 1 is 1.58 bits per heavy atom. The Morgan fingerprint density at radius 2 is 2.42 bits per heavy atom. The lowest BCUT2D eigenvalue weighted by Gasteiger charge is -1.89. The van der Waals surface area contributed by atoms with Crippen LogP contribution in [0.25, 0.3) is 11.0 Å². The average molecular weight is 163 g/mol. The van der Waals surface area contributed by atoms with Gasteiger partial charge in [-0.1, -0.05) is 0 Å². The number of hydrogen-bond acceptors (Lipinski definition) is 3. The second kappa shape index (κ2) is 2.57. The van der Waals surface area contributed by atoms with Crippen LogP contribution in [0.2, 0.25) is 0 Å². The average Bonchev–Trinajstić information content (AvgIpc) is 2.49. The van der Waals surface area contributed by atoms with E-state index in [4.69, 9.17) is 5.11 Å². The van der Waals surface area contributed by atoms with Gasteiger partial charge >= 0.3 is 0 Å². The quantitative estimate of drug-likeness (QED) is 0.652. The van der Waals surface area contributed by atoms with Crippen LogP contribution in [0.1, 0.15) is 11.5 Å². The molecular formula is C8H9N3O. The van der Waals surface area contributed by atoms with Crippen molar-refractivity contribution in [1.29, 1.82) is 0 Å². The molecule has 62 valence electrons. The molecule has 0 aliphatic carbocycles. The van der Waals surface area contributed by atoms with Crippen molar-refractivity contribution in [1.82, 2.24) is 15.0 Å². The van der Waals surface area contributed by atoms with Crippen LogP contribution in [-0.2, 0) is 6.61 Å². The fraction of sp³-hybridized carbons (Fsp3) is 0.250. The third-order valence-corrected chi connectivity index (χ3v) is 1.78. The molecule has 0 saturated carbocycles. The summed E-state index contributed by atoms with van der Waals surface area (Å²) in [6.45, 7) is 1.83. The van der Waals surface area contributed by atoms with Gasteiger partial charge in [0.25, 0.3) is 0 Å². The van der Waals surface area contributed by atoms with Gasteiger partial charge in [0.15, 0.2) is 0 Å². The predicted octanol–water partition coefficient (Wildman–Crippen LogP) is 0.759. The Labute approximate surface area is 69.3 Å². The lowest BCUT2D eigenvalue weighted by molar-refractivity contribution is 0.273. The number of aromatic nitrogens is 3. The van der Waals surface area contributed by atoms with Gasteiger partial charge in [0.1, 0.15) is 17.9 Å². The van der Waals surface area contributed by atoms with Crippen LogP contribution in [-0.4, -0.2) is 20.1 Å². The molecule has 0 atom stereocenters. The van der Waals surface area contributed by atoms with Crippen molar-refractivity contribution in [2.75, 3.05) is 0 Å². The summed E-state index contributed by atoms with van der Waals surface area (Å²) in [6.07, 6.45) is 1.72. The highest BCUT2D eigenvalue weighted by atomic mass is 16.3. The first-order valence-corrected chi connectivity index (χ1v) is 3.72. The van der Waals surface area contributed by atoms with E-state index < -0.39 is 0 Å². The first kappa shape index (κ1) is 7.24. The molecule has 0 aliphatic heterocycles. The largest absolute Gasteiger partial charge is 0.388 e. The molecule has 2 aromatic rings. The van der Waals surface area contributed by atoms with Gasteiger partial charge in [-0.15, -0.1) is 0 Å². The fourth-order valence-corrected chi connectivity index (χ4v) is 1.19. The minimum Gasteiger partial charge on any atom is -0.388 e. The first-order chi connectivity index (χ1) is 5.81. The Bertz CT molecular complexity index is 408. The number of nitrogens with zero attached hydrogens (tertiary/aromatic N) is 2. The molecule has 0 amide bonds. The zero-order valence-corrected chi connectivity index (χ0v) is 6.70. The molecule has 12 heavy (non-hydrogen) atoms. The molecule has 0 spiro atoms. The van der Waals surface area contributed by atoms with E-state index in [1.54, 1.807) is 6.20 Å². The smallest absolute Gasteiger partial charge is 0.133 e. The summed E-state index contributed by atoms with van der Waals surface area (Å²) in [5.74, 6) is 0.584. The number of aliphatic hydroxyl groups is 1. The number of hydrogen-bond donors (Lipinski definition) is 2. The molecule has 2 rings (SSSR count). The molecule has 0 aliphatic rings. The van der Waals surface area contributed by atoms with E-state index in [9.17, 15) is 0 Å². The van der Waals surface area contributed by atoms with Gasteiger partial charge in [-0.05, 0) is 13.0 Å². The van der Waals surface area contributed by atoms with Gasteiger partial charge in [-0.3, -0.25) is 4.98 Å². The summed E-state index contributed by atoms with van der Waals surface area (Å²) < 4.78 is 0. The van der Waals surface area contributed by atoms with E-state index in [0.29, 0.717) is 5.82 Å². The highest BCUT2D eigenvalue weighted by molar-refractivity contribution is 5.76. The fourth-order valence-electron chi connectivity index (χ4n) is 1.19. The highest BCUT2D eigenvalue weighted by Crippen LogP contribution is 2.12. The van der Waals surface area contributed by atoms with Crippen LogP contribution >= 0.6 is 0 Å². The van der Waals surface area contributed by atoms with Crippen molar-refractivity contribution in [2.24, 2.45) is 0 Å². The summed E-state index contributed by atoms with van der Waals surface area (Å²) in [5, 5.41) is 8.82. The second-order valence-corrected chi connectivity index (χ2v) is 2.63. The molecule has 4 heteroatoms. The van der Waals surface area contributed by atoms with Crippen LogP contribution < -0.4 is 0 Å². The van der Waals surface area contributed by atoms with Crippen molar-refractivity contribution in [3.63, 3.8) is 0 Å². The van der Waals surface area contributed by atoms with Crippen LogP contribution in [0.3, 0.4) is 0 Å². The van der Waals surface area contributed by atoms with Crippen LogP contribution in [0.4, 0.5) is 0 Å². The zero-order chi connectivity index (χ0) is 8.55. The van der Waals surface area contributed by atoms with Gasteiger partial charge in [-0.2, -0.15) is 0 Å².